The molecular formula is C45H58F3KN2O27S. The third-order valence-corrected chi connectivity index (χ3v) is 16.1. The number of ether oxygens (including phenoxy) is 16. The molecule has 0 bridgehead atoms. The van der Waals surface area contributed by atoms with E-state index in [9.17, 15) is 56.1 Å². The molecule has 12 aliphatic rings. The van der Waals surface area contributed by atoms with Crippen LogP contribution in [0.25, 0.3) is 0 Å². The number of methoxy groups -OCH3 is 2. The van der Waals surface area contributed by atoms with Crippen LogP contribution < -0.4 is 51.4 Å². The summed E-state index contributed by atoms with van der Waals surface area (Å²) < 4.78 is 148. The summed E-state index contributed by atoms with van der Waals surface area (Å²) >= 11 is 0. The van der Waals surface area contributed by atoms with E-state index < -0.39 is 155 Å². The summed E-state index contributed by atoms with van der Waals surface area (Å²) in [6.45, 7) is 6.27. The second-order valence-corrected chi connectivity index (χ2v) is 21.1. The van der Waals surface area contributed by atoms with Crippen LogP contribution in [-0.4, -0.2) is 268 Å². The first-order valence-corrected chi connectivity index (χ1v) is 25.9. The van der Waals surface area contributed by atoms with Crippen molar-refractivity contribution in [1.29, 1.82) is 10.5 Å². The molecule has 0 aliphatic carbocycles. The Morgan fingerprint density at radius 2 is 0.823 bits per heavy atom. The Kier molecular flexibility index (Phi) is 22.3. The van der Waals surface area contributed by atoms with Crippen molar-refractivity contribution in [3.8, 4) is 6.07 Å². The molecule has 0 spiro atoms. The number of nitrogens with zero attached hydrogens (tertiary/aromatic N) is 2. The number of halogens is 3. The zero-order valence-electron chi connectivity index (χ0n) is 42.5. The summed E-state index contributed by atoms with van der Waals surface area (Å²) in [5, 5.41) is 51.4. The van der Waals surface area contributed by atoms with Crippen molar-refractivity contribution in [2.45, 2.75) is 121 Å². The molecule has 0 unspecified atom stereocenters. The Labute approximate surface area is 491 Å². The Morgan fingerprint density at radius 3 is 1.29 bits per heavy atom. The van der Waals surface area contributed by atoms with Gasteiger partial charge in [-0.25, -0.2) is 0 Å². The SMILES string of the molecule is COC(=O)[C@H]1CO[C@H]2[C@@H]1OC[C@H]2OC(=O)[C@H]1CO[C@H]2[C@@H]1OC[C@H]2OC(=O)[C@H]1CO[C@H]2[C@@H]1OC[C@H]2OC.N#C[C@H]1CO[C@H]2[C@@H]1OC[C@H]2O.O=C(O)[C@H]1CO[C@H]2[C@@H]1OC[C@H]2O.O=S(=O)(O[C@@H]1CO[C@H]2[C@@H]1OC[C@H]2O)C(F)(F)F.[C-]#N.[K+]. The van der Waals surface area contributed by atoms with Gasteiger partial charge in [0.25, 0.3) is 0 Å². The number of carbonyl (C=O) groups is 4. The number of hydrogen-bond acceptors (Lipinski definition) is 28. The smallest absolute Gasteiger partial charge is 0.512 e. The number of hydrogen-bond donors (Lipinski definition) is 4. The molecule has 438 valence electrons. The van der Waals surface area contributed by atoms with Crippen molar-refractivity contribution in [2.75, 3.05) is 93.5 Å². The maximum atomic E-state index is 13.0. The molecule has 79 heavy (non-hydrogen) atoms. The average Bonchev–Trinajstić information content (AvgIpc) is 4.42. The summed E-state index contributed by atoms with van der Waals surface area (Å²) in [5.41, 5.74) is -5.48. The molecule has 0 aromatic carbocycles. The van der Waals surface area contributed by atoms with Gasteiger partial charge >= 0.3 is 90.9 Å². The fourth-order valence-electron chi connectivity index (χ4n) is 11.1. The summed E-state index contributed by atoms with van der Waals surface area (Å²) in [4.78, 5) is 48.4. The van der Waals surface area contributed by atoms with E-state index in [1.165, 1.54) is 7.11 Å². The van der Waals surface area contributed by atoms with Crippen molar-refractivity contribution in [2.24, 2.45) is 29.6 Å². The number of esters is 3. The van der Waals surface area contributed by atoms with Gasteiger partial charge in [0.1, 0.15) is 127 Å². The zero-order chi connectivity index (χ0) is 56.4. The second-order valence-electron chi connectivity index (χ2n) is 19.6. The summed E-state index contributed by atoms with van der Waals surface area (Å²) in [5.74, 6) is -4.91. The predicted octanol–water partition coefficient (Wildman–Crippen LogP) is -7.15. The van der Waals surface area contributed by atoms with Gasteiger partial charge in [-0.1, -0.05) is 0 Å². The number of aliphatic hydroxyl groups is 3. The standard InChI is InChI=1S/C23H30O13.C7H9F3O6S.C7H9NO3.C7H10O5.CN.K/c1-27-12-6-32-16-10(4-29-18(12)16)22(25)36-14-8-34-17-11(5-31-20(14)17)23(26)35-13-7-33-15-9(21(24)28-2)3-30-19(13)15;8-7(9,10)17(12,13)16-4-2-15-5-3(11)1-14-6(4)5;8-1-4-2-10-7-5(9)3-11-6(4)7;8-4-2-12-5-3(7(9)10)1-11-6(4)5;1-2;/h9-20H,3-8H2,1-2H3;3-6,11H,1-2H2;4-7,9H,2-3H2;3-6,8H,1-2H2,(H,9,10);;/q;;;;-1;+1/t9-,10-,11-,12+,13+,14+,15+,16+,17+,18+,19+,20+;3-,4-,5-,6-;4-,5+,6+,7+;3-,4+,5+,6+;;/m0100../s1. The molecule has 12 heterocycles. The van der Waals surface area contributed by atoms with E-state index in [1.807, 2.05) is 0 Å². The third kappa shape index (κ3) is 13.6. The van der Waals surface area contributed by atoms with E-state index in [0.29, 0.717) is 19.8 Å². The molecule has 12 saturated heterocycles. The molecule has 0 aromatic heterocycles. The molecule has 0 saturated carbocycles. The van der Waals surface area contributed by atoms with Gasteiger partial charge < -0.3 is 108 Å². The van der Waals surface area contributed by atoms with E-state index in [-0.39, 0.29) is 141 Å². The number of carboxylic acid groups (broad SMARTS) is 1. The minimum absolute atomic E-state index is 0. The fourth-order valence-corrected chi connectivity index (χ4v) is 11.7. The van der Waals surface area contributed by atoms with Crippen molar-refractivity contribution in [1.82, 2.24) is 0 Å². The minimum Gasteiger partial charge on any atom is -0.512 e. The van der Waals surface area contributed by atoms with Crippen LogP contribution in [0.15, 0.2) is 0 Å². The van der Waals surface area contributed by atoms with Crippen LogP contribution in [0.2, 0.25) is 0 Å². The zero-order valence-corrected chi connectivity index (χ0v) is 46.4. The number of nitriles is 1. The van der Waals surface area contributed by atoms with E-state index in [1.54, 1.807) is 7.11 Å². The van der Waals surface area contributed by atoms with Gasteiger partial charge in [0.05, 0.1) is 98.4 Å². The molecule has 24 atom stereocenters. The van der Waals surface area contributed by atoms with Crippen LogP contribution in [-0.2, 0) is 109 Å². The summed E-state index contributed by atoms with van der Waals surface area (Å²) in [6, 6.07) is 2.09. The van der Waals surface area contributed by atoms with Gasteiger partial charge in [0.2, 0.25) is 0 Å². The number of carboxylic acids is 1. The van der Waals surface area contributed by atoms with E-state index in [4.69, 9.17) is 98.0 Å². The predicted molar refractivity (Wildman–Crippen MR) is 233 cm³/mol. The first kappa shape index (κ1) is 64.1. The van der Waals surface area contributed by atoms with Crippen molar-refractivity contribution in [3.05, 3.63) is 6.57 Å². The van der Waals surface area contributed by atoms with E-state index in [0.717, 1.165) is 0 Å². The fraction of sp³-hybridized carbons (Fsp3) is 0.867. The van der Waals surface area contributed by atoms with Crippen molar-refractivity contribution < 1.29 is 193 Å². The molecule has 0 aromatic rings. The number of aliphatic carboxylic acids is 1. The molecular weight excluding hydrogens is 1130 g/mol. The number of fused-ring (bicyclic) bond motifs is 6. The van der Waals surface area contributed by atoms with Gasteiger partial charge in [-0.15, -0.1) is 0 Å². The Balaban J connectivity index is 0.000000173. The van der Waals surface area contributed by atoms with Gasteiger partial charge in [-0.2, -0.15) is 26.9 Å². The van der Waals surface area contributed by atoms with Crippen LogP contribution in [0.4, 0.5) is 13.2 Å². The quantitative estimate of drug-likeness (QED) is 0.0416. The molecule has 0 amide bonds. The van der Waals surface area contributed by atoms with Gasteiger partial charge in [0, 0.05) is 7.11 Å². The topological polar surface area (TPSA) is 388 Å². The molecule has 12 rings (SSSR count). The molecule has 4 N–H and O–H groups in total. The van der Waals surface area contributed by atoms with E-state index in [2.05, 4.69) is 10.3 Å². The first-order valence-electron chi connectivity index (χ1n) is 24.5. The monoisotopic (exact) mass is 1190 g/mol. The first-order chi connectivity index (χ1) is 37.2. The van der Waals surface area contributed by atoms with Crippen LogP contribution in [0.5, 0.6) is 0 Å². The second kappa shape index (κ2) is 27.5. The molecule has 0 radical (unpaired) electrons. The number of carbonyl (C=O) groups excluding carboxylic acids is 3. The molecule has 29 nitrogen and oxygen atoms in total. The molecule has 12 aliphatic heterocycles. The van der Waals surface area contributed by atoms with Crippen LogP contribution in [0.3, 0.4) is 0 Å². The summed E-state index contributed by atoms with van der Waals surface area (Å²) in [7, 11) is -2.79. The van der Waals surface area contributed by atoms with Crippen LogP contribution in [0.1, 0.15) is 0 Å². The van der Waals surface area contributed by atoms with Gasteiger partial charge in [-0.05, 0) is 0 Å². The third-order valence-electron chi connectivity index (χ3n) is 15.0. The maximum Gasteiger partial charge on any atom is 1.00 e. The number of aliphatic hydroxyl groups excluding tert-OH is 3. The number of rotatable bonds is 9. The summed E-state index contributed by atoms with van der Waals surface area (Å²) in [6.07, 6.45) is -11.3. The Bertz CT molecular complexity index is 2310. The largest absolute Gasteiger partial charge is 1.00 e. The average molecular weight is 1190 g/mol. The van der Waals surface area contributed by atoms with Gasteiger partial charge in [0.15, 0.2) is 12.2 Å². The van der Waals surface area contributed by atoms with Gasteiger partial charge in [-0.3, -0.25) is 23.4 Å². The normalized spacial score (nSPS) is 43.4. The molecule has 12 fully saturated rings. The van der Waals surface area contributed by atoms with Crippen molar-refractivity contribution in [3.63, 3.8) is 0 Å². The molecule has 34 heteroatoms. The number of alkyl halides is 3. The van der Waals surface area contributed by atoms with Crippen LogP contribution in [0, 0.1) is 52.8 Å². The minimum atomic E-state index is -5.68. The van der Waals surface area contributed by atoms with Crippen LogP contribution >= 0.6 is 0 Å². The van der Waals surface area contributed by atoms with E-state index >= 15 is 0 Å². The Morgan fingerprint density at radius 1 is 0.494 bits per heavy atom. The maximum absolute atomic E-state index is 13.0. The van der Waals surface area contributed by atoms with Crippen molar-refractivity contribution >= 4 is 34.0 Å². The Hall–Kier alpha value is -2.44.